The summed E-state index contributed by atoms with van der Waals surface area (Å²) >= 11 is 0. The number of halogens is 3. The lowest BCUT2D eigenvalue weighted by molar-refractivity contribution is -0.141. The summed E-state index contributed by atoms with van der Waals surface area (Å²) in [5.41, 5.74) is -1.37. The van der Waals surface area contributed by atoms with Crippen LogP contribution in [0.2, 0.25) is 0 Å². The fourth-order valence-electron chi connectivity index (χ4n) is 1.25. The van der Waals surface area contributed by atoms with Crippen LogP contribution in [0.15, 0.2) is 17.1 Å². The number of fused-ring (bicyclic) bond motifs is 1. The molecule has 0 spiro atoms. The summed E-state index contributed by atoms with van der Waals surface area (Å²) in [5.74, 6) is -0.104. The van der Waals surface area contributed by atoms with Crippen molar-refractivity contribution < 1.29 is 13.2 Å². The van der Waals surface area contributed by atoms with E-state index in [0.717, 1.165) is 4.40 Å². The van der Waals surface area contributed by atoms with Crippen molar-refractivity contribution in [2.45, 2.75) is 13.1 Å². The molecular formula is C8H6F3N3O. The van der Waals surface area contributed by atoms with Gasteiger partial charge >= 0.3 is 6.18 Å². The Morgan fingerprint density at radius 1 is 1.47 bits per heavy atom. The molecule has 0 atom stereocenters. The lowest BCUT2D eigenvalue weighted by atomic mass is 10.4. The Morgan fingerprint density at radius 2 is 2.13 bits per heavy atom. The number of H-pyrrole nitrogens is 1. The summed E-state index contributed by atoms with van der Waals surface area (Å²) in [5, 5.41) is 0. The van der Waals surface area contributed by atoms with Gasteiger partial charge in [0, 0.05) is 18.0 Å². The molecule has 0 saturated heterocycles. The van der Waals surface area contributed by atoms with Crippen molar-refractivity contribution in [3.63, 3.8) is 0 Å². The van der Waals surface area contributed by atoms with Crippen molar-refractivity contribution in [1.29, 1.82) is 0 Å². The van der Waals surface area contributed by atoms with Crippen LogP contribution in [0.1, 0.15) is 11.4 Å². The molecule has 0 aliphatic heterocycles. The summed E-state index contributed by atoms with van der Waals surface area (Å²) in [6.07, 6.45) is -3.21. The number of aryl methyl sites for hydroxylation is 1. The maximum atomic E-state index is 12.3. The fraction of sp³-hybridized carbons (Fsp3) is 0.250. The van der Waals surface area contributed by atoms with E-state index >= 15 is 0 Å². The Hall–Kier alpha value is -1.79. The van der Waals surface area contributed by atoms with Crippen molar-refractivity contribution in [3.8, 4) is 0 Å². The van der Waals surface area contributed by atoms with Crippen LogP contribution in [0.3, 0.4) is 0 Å². The molecular weight excluding hydrogens is 211 g/mol. The normalized spacial score (nSPS) is 12.3. The standard InChI is InChI=1S/C8H6F3N3O/c1-4-3-14-6(15)2-5(8(9,10)11)13-7(14)12-4/h2-3H,1H3,(H,12,13). The third-order valence-electron chi connectivity index (χ3n) is 1.87. The summed E-state index contributed by atoms with van der Waals surface area (Å²) in [6, 6.07) is 0.472. The number of imidazole rings is 1. The quantitative estimate of drug-likeness (QED) is 0.724. The van der Waals surface area contributed by atoms with Gasteiger partial charge in [0.15, 0.2) is 5.69 Å². The second kappa shape index (κ2) is 2.85. The van der Waals surface area contributed by atoms with E-state index in [2.05, 4.69) is 9.97 Å². The van der Waals surface area contributed by atoms with Crippen LogP contribution in [0.4, 0.5) is 13.2 Å². The predicted octanol–water partition coefficient (Wildman–Crippen LogP) is 1.35. The van der Waals surface area contributed by atoms with E-state index in [1.165, 1.54) is 6.20 Å². The number of aromatic nitrogens is 3. The molecule has 2 aromatic rings. The molecule has 0 fully saturated rings. The largest absolute Gasteiger partial charge is 0.433 e. The van der Waals surface area contributed by atoms with Gasteiger partial charge in [-0.25, -0.2) is 4.98 Å². The average Bonchev–Trinajstić information content (AvgIpc) is 2.44. The van der Waals surface area contributed by atoms with Crippen LogP contribution >= 0.6 is 0 Å². The Labute approximate surface area is 81.4 Å². The van der Waals surface area contributed by atoms with Gasteiger partial charge in [0.2, 0.25) is 5.78 Å². The van der Waals surface area contributed by atoms with Gasteiger partial charge in [-0.15, -0.1) is 0 Å². The highest BCUT2D eigenvalue weighted by Crippen LogP contribution is 2.26. The number of nitrogens with one attached hydrogen (secondary N) is 1. The molecule has 1 N–H and O–H groups in total. The fourth-order valence-corrected chi connectivity index (χ4v) is 1.25. The van der Waals surface area contributed by atoms with E-state index in [0.29, 0.717) is 11.8 Å². The van der Waals surface area contributed by atoms with E-state index in [1.807, 2.05) is 0 Å². The molecule has 0 saturated carbocycles. The summed E-state index contributed by atoms with van der Waals surface area (Å²) < 4.78 is 37.9. The minimum atomic E-state index is -4.60. The zero-order valence-corrected chi connectivity index (χ0v) is 7.59. The molecule has 2 heterocycles. The molecule has 2 rings (SSSR count). The molecule has 4 nitrogen and oxygen atoms in total. The first-order chi connectivity index (χ1) is 6.88. The zero-order chi connectivity index (χ0) is 11.2. The second-order valence-corrected chi connectivity index (χ2v) is 3.11. The minimum Gasteiger partial charge on any atom is -0.328 e. The van der Waals surface area contributed by atoms with Gasteiger partial charge in [0.25, 0.3) is 5.56 Å². The summed E-state index contributed by atoms with van der Waals surface area (Å²) in [6.45, 7) is 1.63. The van der Waals surface area contributed by atoms with Crippen molar-refractivity contribution in [3.05, 3.63) is 34.0 Å². The number of rotatable bonds is 0. The lowest BCUT2D eigenvalue weighted by Crippen LogP contribution is -2.18. The molecule has 80 valence electrons. The lowest BCUT2D eigenvalue weighted by Gasteiger charge is -2.04. The number of hydrogen-bond donors (Lipinski definition) is 1. The number of aromatic amines is 1. The highest BCUT2D eigenvalue weighted by atomic mass is 19.4. The predicted molar refractivity (Wildman–Crippen MR) is 45.6 cm³/mol. The Kier molecular flexibility index (Phi) is 1.85. The van der Waals surface area contributed by atoms with Gasteiger partial charge < -0.3 is 4.98 Å². The molecule has 0 aromatic carbocycles. The Morgan fingerprint density at radius 3 is 2.73 bits per heavy atom. The first-order valence-corrected chi connectivity index (χ1v) is 4.04. The molecule has 0 aliphatic rings. The smallest absolute Gasteiger partial charge is 0.328 e. The van der Waals surface area contributed by atoms with Crippen LogP contribution in [-0.4, -0.2) is 14.4 Å². The topological polar surface area (TPSA) is 50.2 Å². The molecule has 0 radical (unpaired) electrons. The van der Waals surface area contributed by atoms with Crippen LogP contribution in [0.25, 0.3) is 5.78 Å². The average molecular weight is 217 g/mol. The molecule has 0 unspecified atom stereocenters. The molecule has 2 aromatic heterocycles. The maximum absolute atomic E-state index is 12.3. The second-order valence-electron chi connectivity index (χ2n) is 3.11. The van der Waals surface area contributed by atoms with Crippen molar-refractivity contribution >= 4 is 5.78 Å². The van der Waals surface area contributed by atoms with Gasteiger partial charge in [-0.1, -0.05) is 0 Å². The highest BCUT2D eigenvalue weighted by Gasteiger charge is 2.33. The molecule has 0 aliphatic carbocycles. The van der Waals surface area contributed by atoms with Crippen molar-refractivity contribution in [2.75, 3.05) is 0 Å². The maximum Gasteiger partial charge on any atom is 0.433 e. The van der Waals surface area contributed by atoms with Crippen LogP contribution in [0.5, 0.6) is 0 Å². The monoisotopic (exact) mass is 217 g/mol. The molecule has 7 heteroatoms. The van der Waals surface area contributed by atoms with E-state index < -0.39 is 17.4 Å². The molecule has 0 amide bonds. The van der Waals surface area contributed by atoms with Crippen molar-refractivity contribution in [1.82, 2.24) is 14.4 Å². The van der Waals surface area contributed by atoms with E-state index in [1.54, 1.807) is 6.92 Å². The van der Waals surface area contributed by atoms with Crippen LogP contribution < -0.4 is 5.56 Å². The minimum absolute atomic E-state index is 0.104. The summed E-state index contributed by atoms with van der Waals surface area (Å²) in [7, 11) is 0. The van der Waals surface area contributed by atoms with Crippen LogP contribution in [-0.2, 0) is 6.18 Å². The zero-order valence-electron chi connectivity index (χ0n) is 7.59. The van der Waals surface area contributed by atoms with Gasteiger partial charge in [-0.05, 0) is 6.92 Å². The summed E-state index contributed by atoms with van der Waals surface area (Å²) in [4.78, 5) is 17.1. The Balaban J connectivity index is 2.78. The van der Waals surface area contributed by atoms with E-state index in [9.17, 15) is 18.0 Å². The SMILES string of the molecule is Cc1cn2c(=O)cc(C(F)(F)F)nc2[nH]1. The van der Waals surface area contributed by atoms with Gasteiger partial charge in [0.1, 0.15) is 0 Å². The first kappa shape index (κ1) is 9.75. The highest BCUT2D eigenvalue weighted by molar-refractivity contribution is 5.32. The van der Waals surface area contributed by atoms with Gasteiger partial charge in [-0.2, -0.15) is 13.2 Å². The van der Waals surface area contributed by atoms with Crippen LogP contribution in [0, 0.1) is 6.92 Å². The van der Waals surface area contributed by atoms with Crippen molar-refractivity contribution in [2.24, 2.45) is 0 Å². The Bertz CT molecular complexity index is 566. The van der Waals surface area contributed by atoms with E-state index in [4.69, 9.17) is 0 Å². The molecule has 15 heavy (non-hydrogen) atoms. The van der Waals surface area contributed by atoms with Gasteiger partial charge in [0.05, 0.1) is 0 Å². The number of alkyl halides is 3. The van der Waals surface area contributed by atoms with E-state index in [-0.39, 0.29) is 5.78 Å². The number of nitrogens with zero attached hydrogens (tertiary/aromatic N) is 2. The third-order valence-corrected chi connectivity index (χ3v) is 1.87. The third kappa shape index (κ3) is 1.60. The molecule has 0 bridgehead atoms. The first-order valence-electron chi connectivity index (χ1n) is 4.04. The van der Waals surface area contributed by atoms with Gasteiger partial charge in [-0.3, -0.25) is 9.20 Å². The number of hydrogen-bond acceptors (Lipinski definition) is 2.